The zero-order valence-electron chi connectivity index (χ0n) is 15.7. The Bertz CT molecular complexity index is 1060. The Morgan fingerprint density at radius 3 is 2.43 bits per heavy atom. The van der Waals surface area contributed by atoms with Crippen LogP contribution in [-0.2, 0) is 4.79 Å². The second kappa shape index (κ2) is 8.17. The van der Waals surface area contributed by atoms with Crippen LogP contribution in [-0.4, -0.2) is 35.3 Å². The first kappa shape index (κ1) is 20.1. The molecule has 7 heteroatoms. The average molecular weight is 416 g/mol. The summed E-state index contributed by atoms with van der Waals surface area (Å²) in [5.41, 5.74) is 3.32. The Morgan fingerprint density at radius 2 is 1.75 bits per heavy atom. The number of hydrogen-bond acceptors (Lipinski definition) is 3. The van der Waals surface area contributed by atoms with Crippen LogP contribution < -0.4 is 5.32 Å². The molecule has 1 N–H and O–H groups in total. The summed E-state index contributed by atoms with van der Waals surface area (Å²) in [5, 5.41) is 4.21. The van der Waals surface area contributed by atoms with E-state index >= 15 is 0 Å². The molecule has 0 fully saturated rings. The van der Waals surface area contributed by atoms with Crippen molar-refractivity contribution in [1.82, 2.24) is 9.88 Å². The van der Waals surface area contributed by atoms with Gasteiger partial charge in [0.1, 0.15) is 0 Å². The normalized spacial score (nSPS) is 10.8. The number of carbonyl (C=O) groups excluding carboxylic acids is 2. The third-order valence-corrected chi connectivity index (χ3v) is 4.98. The predicted molar refractivity (Wildman–Crippen MR) is 113 cm³/mol. The lowest BCUT2D eigenvalue weighted by atomic mass is 10.1. The quantitative estimate of drug-likeness (QED) is 0.660. The van der Waals surface area contributed by atoms with Crippen molar-refractivity contribution in [2.45, 2.75) is 13.8 Å². The van der Waals surface area contributed by atoms with Crippen LogP contribution in [0.4, 0.5) is 5.69 Å². The van der Waals surface area contributed by atoms with Crippen LogP contribution in [0.25, 0.3) is 10.9 Å². The van der Waals surface area contributed by atoms with Crippen molar-refractivity contribution in [2.24, 2.45) is 0 Å². The van der Waals surface area contributed by atoms with E-state index in [1.54, 1.807) is 32.2 Å². The number of anilines is 1. The van der Waals surface area contributed by atoms with E-state index in [-0.39, 0.29) is 12.5 Å². The van der Waals surface area contributed by atoms with Gasteiger partial charge in [0.15, 0.2) is 0 Å². The van der Waals surface area contributed by atoms with Crippen molar-refractivity contribution in [1.29, 1.82) is 0 Å². The Morgan fingerprint density at radius 1 is 1.07 bits per heavy atom. The molecule has 1 aromatic heterocycles. The molecule has 0 aliphatic heterocycles. The first-order valence-electron chi connectivity index (χ1n) is 8.63. The number of nitrogens with one attached hydrogen (secondary N) is 1. The Labute approximate surface area is 173 Å². The fourth-order valence-corrected chi connectivity index (χ4v) is 3.39. The zero-order chi connectivity index (χ0) is 20.4. The summed E-state index contributed by atoms with van der Waals surface area (Å²) in [6.07, 6.45) is 0. The molecule has 0 aliphatic carbocycles. The minimum atomic E-state index is -0.395. The van der Waals surface area contributed by atoms with Gasteiger partial charge >= 0.3 is 0 Å². The number of benzene rings is 2. The molecule has 0 atom stereocenters. The van der Waals surface area contributed by atoms with Crippen molar-refractivity contribution in [3.63, 3.8) is 0 Å². The minimum absolute atomic E-state index is 0.147. The highest BCUT2D eigenvalue weighted by molar-refractivity contribution is 6.39. The van der Waals surface area contributed by atoms with Crippen LogP contribution in [0, 0.1) is 13.8 Å². The number of rotatable bonds is 4. The smallest absolute Gasteiger partial charge is 0.255 e. The molecule has 3 rings (SSSR count). The van der Waals surface area contributed by atoms with Crippen molar-refractivity contribution in [3.8, 4) is 0 Å². The third-order valence-electron chi connectivity index (χ3n) is 4.35. The maximum atomic E-state index is 12.9. The zero-order valence-corrected chi connectivity index (χ0v) is 17.2. The number of carbonyl (C=O) groups is 2. The molecule has 144 valence electrons. The number of fused-ring (bicyclic) bond motifs is 1. The van der Waals surface area contributed by atoms with Gasteiger partial charge in [-0.1, -0.05) is 40.9 Å². The Kier molecular flexibility index (Phi) is 5.87. The molecule has 3 aromatic rings. The summed E-state index contributed by atoms with van der Waals surface area (Å²) in [7, 11) is 1.57. The summed E-state index contributed by atoms with van der Waals surface area (Å²) in [4.78, 5) is 31.1. The largest absolute Gasteiger partial charge is 0.332 e. The monoisotopic (exact) mass is 415 g/mol. The molecule has 0 bridgehead atoms. The van der Waals surface area contributed by atoms with Crippen molar-refractivity contribution >= 4 is 51.6 Å². The van der Waals surface area contributed by atoms with Crippen molar-refractivity contribution in [3.05, 3.63) is 69.3 Å². The third kappa shape index (κ3) is 4.26. The highest BCUT2D eigenvalue weighted by atomic mass is 35.5. The lowest BCUT2D eigenvalue weighted by molar-refractivity contribution is -0.116. The van der Waals surface area contributed by atoms with Crippen LogP contribution in [0.5, 0.6) is 0 Å². The second-order valence-electron chi connectivity index (χ2n) is 6.62. The van der Waals surface area contributed by atoms with Gasteiger partial charge in [-0.3, -0.25) is 14.6 Å². The summed E-state index contributed by atoms with van der Waals surface area (Å²) in [6, 6.07) is 12.6. The molecule has 5 nitrogen and oxygen atoms in total. The van der Waals surface area contributed by atoms with Crippen molar-refractivity contribution < 1.29 is 9.59 Å². The van der Waals surface area contributed by atoms with Gasteiger partial charge in [0, 0.05) is 12.4 Å². The summed E-state index contributed by atoms with van der Waals surface area (Å²) < 4.78 is 0. The summed E-state index contributed by atoms with van der Waals surface area (Å²) in [6.45, 7) is 3.62. The van der Waals surface area contributed by atoms with Gasteiger partial charge in [-0.2, -0.15) is 0 Å². The second-order valence-corrected chi connectivity index (χ2v) is 7.44. The number of aryl methyl sites for hydroxylation is 2. The molecule has 0 saturated heterocycles. The van der Waals surface area contributed by atoms with Gasteiger partial charge in [-0.25, -0.2) is 0 Å². The standard InChI is InChI=1S/C21H19Cl2N3O2/c1-12-7-8-18-14(9-12)10-15(13(2)24-18)21(28)26(3)11-19(27)25-20-16(22)5-4-6-17(20)23/h4-10H,11H2,1-3H3,(H,25,27). The maximum Gasteiger partial charge on any atom is 0.255 e. The van der Waals surface area contributed by atoms with E-state index < -0.39 is 5.91 Å². The molecule has 0 unspecified atom stereocenters. The van der Waals surface area contributed by atoms with Crippen LogP contribution in [0.1, 0.15) is 21.6 Å². The lowest BCUT2D eigenvalue weighted by Crippen LogP contribution is -2.35. The first-order valence-corrected chi connectivity index (χ1v) is 9.39. The number of nitrogens with zero attached hydrogens (tertiary/aromatic N) is 2. The molecule has 1 heterocycles. The van der Waals surface area contributed by atoms with Gasteiger partial charge in [0.25, 0.3) is 5.91 Å². The van der Waals surface area contributed by atoms with E-state index in [1.165, 1.54) is 4.90 Å². The fraction of sp³-hybridized carbons (Fsp3) is 0.190. The molecule has 2 amide bonds. The van der Waals surface area contributed by atoms with Gasteiger partial charge in [0.05, 0.1) is 39.1 Å². The Hall–Kier alpha value is -2.63. The number of aromatic nitrogens is 1. The van der Waals surface area contributed by atoms with Crippen LogP contribution in [0.2, 0.25) is 10.0 Å². The molecule has 28 heavy (non-hydrogen) atoms. The van der Waals surface area contributed by atoms with E-state index in [4.69, 9.17) is 23.2 Å². The van der Waals surface area contributed by atoms with Crippen LogP contribution in [0.15, 0.2) is 42.5 Å². The first-order chi connectivity index (χ1) is 13.3. The number of para-hydroxylation sites is 1. The minimum Gasteiger partial charge on any atom is -0.332 e. The van der Waals surface area contributed by atoms with E-state index in [0.717, 1.165) is 16.5 Å². The molecule has 0 aliphatic rings. The Balaban J connectivity index is 1.78. The highest BCUT2D eigenvalue weighted by Gasteiger charge is 2.19. The predicted octanol–water partition coefficient (Wildman–Crippen LogP) is 4.87. The molecule has 0 spiro atoms. The fourth-order valence-electron chi connectivity index (χ4n) is 2.90. The van der Waals surface area contributed by atoms with Gasteiger partial charge in [-0.15, -0.1) is 0 Å². The van der Waals surface area contributed by atoms with Crippen molar-refractivity contribution in [2.75, 3.05) is 18.9 Å². The van der Waals surface area contributed by atoms with E-state index in [1.807, 2.05) is 31.2 Å². The molecular weight excluding hydrogens is 397 g/mol. The SMILES string of the molecule is Cc1ccc2nc(C)c(C(=O)N(C)CC(=O)Nc3c(Cl)cccc3Cl)cc2c1. The van der Waals surface area contributed by atoms with E-state index in [0.29, 0.717) is 27.0 Å². The molecule has 0 saturated carbocycles. The van der Waals surface area contributed by atoms with Gasteiger partial charge < -0.3 is 10.2 Å². The highest BCUT2D eigenvalue weighted by Crippen LogP contribution is 2.29. The van der Waals surface area contributed by atoms with E-state index in [9.17, 15) is 9.59 Å². The average Bonchev–Trinajstić information content (AvgIpc) is 2.64. The van der Waals surface area contributed by atoms with Crippen LogP contribution in [0.3, 0.4) is 0 Å². The summed E-state index contributed by atoms with van der Waals surface area (Å²) >= 11 is 12.1. The topological polar surface area (TPSA) is 62.3 Å². The number of likely N-dealkylation sites (N-methyl/N-ethyl adjacent to an activating group) is 1. The molecule has 2 aromatic carbocycles. The summed E-state index contributed by atoms with van der Waals surface area (Å²) in [5.74, 6) is -0.679. The molecular formula is C21H19Cl2N3O2. The number of amides is 2. The van der Waals surface area contributed by atoms with Crippen LogP contribution >= 0.6 is 23.2 Å². The van der Waals surface area contributed by atoms with Gasteiger partial charge in [-0.05, 0) is 44.2 Å². The molecule has 0 radical (unpaired) electrons. The maximum absolute atomic E-state index is 12.9. The van der Waals surface area contributed by atoms with Gasteiger partial charge in [0.2, 0.25) is 5.91 Å². The number of pyridine rings is 1. The van der Waals surface area contributed by atoms with E-state index in [2.05, 4.69) is 10.3 Å². The lowest BCUT2D eigenvalue weighted by Gasteiger charge is -2.19. The number of halogens is 2. The number of hydrogen-bond donors (Lipinski definition) is 1.